The first-order valence-electron chi connectivity index (χ1n) is 11.6. The highest BCUT2D eigenvalue weighted by atomic mass is 16.5. The molecule has 4 aromatic rings. The Bertz CT molecular complexity index is 1390. The van der Waals surface area contributed by atoms with Gasteiger partial charge in [0.1, 0.15) is 11.8 Å². The highest BCUT2D eigenvalue weighted by Gasteiger charge is 2.34. The Morgan fingerprint density at radius 1 is 1.00 bits per heavy atom. The molecule has 1 aliphatic heterocycles. The highest BCUT2D eigenvalue weighted by molar-refractivity contribution is 6.06. The molecule has 35 heavy (non-hydrogen) atoms. The molecular formula is C28H27N5O2. The van der Waals surface area contributed by atoms with E-state index in [-0.39, 0.29) is 5.91 Å². The number of nitrogens with zero attached hydrogens (tertiary/aromatic N) is 3. The second-order valence-corrected chi connectivity index (χ2v) is 8.41. The van der Waals surface area contributed by atoms with Gasteiger partial charge >= 0.3 is 0 Å². The number of carbonyl (C=O) groups excluding carboxylic acids is 1. The lowest BCUT2D eigenvalue weighted by atomic mass is 9.95. The summed E-state index contributed by atoms with van der Waals surface area (Å²) in [5.41, 5.74) is 4.98. The second-order valence-electron chi connectivity index (χ2n) is 8.41. The molecule has 2 heterocycles. The van der Waals surface area contributed by atoms with Gasteiger partial charge in [-0.25, -0.2) is 4.68 Å². The zero-order chi connectivity index (χ0) is 24.4. The third kappa shape index (κ3) is 4.40. The van der Waals surface area contributed by atoms with Crippen molar-refractivity contribution in [1.29, 1.82) is 0 Å². The minimum Gasteiger partial charge on any atom is -0.494 e. The van der Waals surface area contributed by atoms with Gasteiger partial charge in [-0.2, -0.15) is 4.98 Å². The zero-order valence-corrected chi connectivity index (χ0v) is 19.9. The van der Waals surface area contributed by atoms with E-state index in [0.717, 1.165) is 33.8 Å². The Morgan fingerprint density at radius 2 is 1.71 bits per heavy atom. The predicted octanol–water partition coefficient (Wildman–Crippen LogP) is 5.58. The molecule has 0 aliphatic carbocycles. The van der Waals surface area contributed by atoms with Crippen molar-refractivity contribution < 1.29 is 9.53 Å². The van der Waals surface area contributed by atoms with Crippen LogP contribution in [-0.2, 0) is 4.79 Å². The van der Waals surface area contributed by atoms with Crippen LogP contribution in [0.4, 0.5) is 11.6 Å². The Labute approximate surface area is 204 Å². The first-order valence-corrected chi connectivity index (χ1v) is 11.6. The molecule has 3 aromatic carbocycles. The quantitative estimate of drug-likeness (QED) is 0.389. The number of nitrogens with one attached hydrogen (secondary N) is 2. The highest BCUT2D eigenvalue weighted by Crippen LogP contribution is 2.37. The Kier molecular flexibility index (Phi) is 6.06. The third-order valence-electron chi connectivity index (χ3n) is 6.02. The molecule has 5 rings (SSSR count). The maximum absolute atomic E-state index is 13.6. The normalized spacial score (nSPS) is 14.8. The van der Waals surface area contributed by atoms with Gasteiger partial charge in [-0.3, -0.25) is 4.79 Å². The first kappa shape index (κ1) is 22.4. The molecule has 0 radical (unpaired) electrons. The Balaban J connectivity index is 1.60. The summed E-state index contributed by atoms with van der Waals surface area (Å²) < 4.78 is 7.42. The van der Waals surface area contributed by atoms with Crippen molar-refractivity contribution in [2.24, 2.45) is 0 Å². The van der Waals surface area contributed by atoms with Gasteiger partial charge in [0.25, 0.3) is 5.91 Å². The summed E-state index contributed by atoms with van der Waals surface area (Å²) in [7, 11) is 0. The van der Waals surface area contributed by atoms with Crippen LogP contribution in [0, 0.1) is 6.92 Å². The number of amides is 1. The minimum atomic E-state index is -0.462. The molecule has 1 aliphatic rings. The number of ether oxygens (including phenoxy) is 1. The molecule has 1 amide bonds. The minimum absolute atomic E-state index is 0.196. The van der Waals surface area contributed by atoms with Gasteiger partial charge in [0.05, 0.1) is 12.2 Å². The predicted molar refractivity (Wildman–Crippen MR) is 137 cm³/mol. The van der Waals surface area contributed by atoms with Crippen molar-refractivity contribution in [1.82, 2.24) is 14.8 Å². The van der Waals surface area contributed by atoms with Gasteiger partial charge < -0.3 is 15.4 Å². The lowest BCUT2D eigenvalue weighted by molar-refractivity contribution is -0.113. The van der Waals surface area contributed by atoms with Crippen molar-refractivity contribution in [2.75, 3.05) is 17.2 Å². The summed E-state index contributed by atoms with van der Waals surface area (Å²) in [6.07, 6.45) is 0. The number of carbonyl (C=O) groups is 1. The van der Waals surface area contributed by atoms with E-state index in [2.05, 4.69) is 10.6 Å². The van der Waals surface area contributed by atoms with Crippen LogP contribution in [0.15, 0.2) is 90.1 Å². The van der Waals surface area contributed by atoms with E-state index in [4.69, 9.17) is 14.8 Å². The largest absolute Gasteiger partial charge is 0.494 e. The van der Waals surface area contributed by atoms with Crippen molar-refractivity contribution in [3.8, 4) is 17.1 Å². The second kappa shape index (κ2) is 9.46. The van der Waals surface area contributed by atoms with E-state index in [0.29, 0.717) is 24.0 Å². The fraction of sp³-hybridized carbons (Fsp3) is 0.179. The number of benzene rings is 3. The fourth-order valence-corrected chi connectivity index (χ4v) is 4.32. The topological polar surface area (TPSA) is 81.1 Å². The summed E-state index contributed by atoms with van der Waals surface area (Å²) in [5, 5.41) is 11.2. The molecule has 0 saturated heterocycles. The van der Waals surface area contributed by atoms with Crippen LogP contribution in [0.5, 0.6) is 5.75 Å². The molecule has 1 unspecified atom stereocenters. The third-order valence-corrected chi connectivity index (χ3v) is 6.02. The van der Waals surface area contributed by atoms with Gasteiger partial charge in [-0.05, 0) is 56.2 Å². The number of aromatic nitrogens is 3. The van der Waals surface area contributed by atoms with E-state index in [1.54, 1.807) is 4.68 Å². The number of hydrogen-bond donors (Lipinski definition) is 2. The molecule has 7 nitrogen and oxygen atoms in total. The molecule has 0 saturated carbocycles. The van der Waals surface area contributed by atoms with Crippen LogP contribution >= 0.6 is 0 Å². The lowest BCUT2D eigenvalue weighted by Crippen LogP contribution is -2.31. The maximum atomic E-state index is 13.6. The molecule has 0 spiro atoms. The number of anilines is 2. The Morgan fingerprint density at radius 3 is 2.43 bits per heavy atom. The zero-order valence-electron chi connectivity index (χ0n) is 19.9. The van der Waals surface area contributed by atoms with Crippen LogP contribution < -0.4 is 15.4 Å². The van der Waals surface area contributed by atoms with E-state index >= 15 is 0 Å². The van der Waals surface area contributed by atoms with E-state index in [9.17, 15) is 4.79 Å². The van der Waals surface area contributed by atoms with Gasteiger partial charge in [0, 0.05) is 16.9 Å². The summed E-state index contributed by atoms with van der Waals surface area (Å²) in [6, 6.07) is 24.8. The first-order chi connectivity index (χ1) is 17.0. The van der Waals surface area contributed by atoms with Gasteiger partial charge in [-0.15, -0.1) is 5.10 Å². The molecule has 0 bridgehead atoms. The SMILES string of the molecule is CCOc1ccc(C2C(C(=O)Nc3ccccc3)=C(C)Nc3nc(-c4ccccc4C)nn32)cc1. The van der Waals surface area contributed by atoms with Gasteiger partial charge in [0.15, 0.2) is 5.82 Å². The molecule has 2 N–H and O–H groups in total. The molecule has 7 heteroatoms. The van der Waals surface area contributed by atoms with Crippen LogP contribution in [-0.4, -0.2) is 27.3 Å². The van der Waals surface area contributed by atoms with E-state index in [1.165, 1.54) is 0 Å². The van der Waals surface area contributed by atoms with Crippen molar-refractivity contribution in [2.45, 2.75) is 26.8 Å². The molecule has 0 fully saturated rings. The number of rotatable bonds is 6. The number of fused-ring (bicyclic) bond motifs is 1. The molecule has 176 valence electrons. The number of allylic oxidation sites excluding steroid dienone is 1. The average Bonchev–Trinajstić information content (AvgIpc) is 3.28. The summed E-state index contributed by atoms with van der Waals surface area (Å²) in [4.78, 5) is 18.4. The smallest absolute Gasteiger partial charge is 0.255 e. The molecule has 1 atom stereocenters. The summed E-state index contributed by atoms with van der Waals surface area (Å²) in [5.74, 6) is 1.79. The fourth-order valence-electron chi connectivity index (χ4n) is 4.32. The lowest BCUT2D eigenvalue weighted by Gasteiger charge is -2.28. The van der Waals surface area contributed by atoms with Gasteiger partial charge in [-0.1, -0.05) is 54.6 Å². The van der Waals surface area contributed by atoms with Crippen LogP contribution in [0.3, 0.4) is 0 Å². The summed E-state index contributed by atoms with van der Waals surface area (Å²) >= 11 is 0. The van der Waals surface area contributed by atoms with Crippen molar-refractivity contribution in [3.05, 3.63) is 101 Å². The molecule has 1 aromatic heterocycles. The Hall–Kier alpha value is -4.39. The van der Waals surface area contributed by atoms with E-state index < -0.39 is 6.04 Å². The monoisotopic (exact) mass is 465 g/mol. The van der Waals surface area contributed by atoms with Crippen molar-refractivity contribution in [3.63, 3.8) is 0 Å². The van der Waals surface area contributed by atoms with Gasteiger partial charge in [0.2, 0.25) is 5.95 Å². The number of hydrogen-bond acceptors (Lipinski definition) is 5. The molecular weight excluding hydrogens is 438 g/mol. The van der Waals surface area contributed by atoms with Crippen LogP contribution in [0.25, 0.3) is 11.4 Å². The standard InChI is InChI=1S/C28H27N5O2/c1-4-35-22-16-14-20(15-17-22)25-24(27(34)30-21-11-6-5-7-12-21)19(3)29-28-31-26(32-33(25)28)23-13-9-8-10-18(23)2/h5-17,25H,4H2,1-3H3,(H,30,34)(H,29,31,32). The number of aryl methyl sites for hydroxylation is 1. The maximum Gasteiger partial charge on any atom is 0.255 e. The van der Waals surface area contributed by atoms with E-state index in [1.807, 2.05) is 99.6 Å². The number of para-hydroxylation sites is 1. The van der Waals surface area contributed by atoms with Crippen LogP contribution in [0.1, 0.15) is 31.0 Å². The van der Waals surface area contributed by atoms with Crippen LogP contribution in [0.2, 0.25) is 0 Å². The average molecular weight is 466 g/mol. The van der Waals surface area contributed by atoms with Crippen molar-refractivity contribution >= 4 is 17.5 Å². The summed E-state index contributed by atoms with van der Waals surface area (Å²) in [6.45, 7) is 6.47.